The van der Waals surface area contributed by atoms with Gasteiger partial charge >= 0.3 is 5.97 Å². The summed E-state index contributed by atoms with van der Waals surface area (Å²) >= 11 is 6.09. The van der Waals surface area contributed by atoms with Crippen molar-refractivity contribution in [3.63, 3.8) is 0 Å². The second-order valence-corrected chi connectivity index (χ2v) is 10.8. The number of fused-ring (bicyclic) bond motifs is 1. The Labute approximate surface area is 229 Å². The third kappa shape index (κ3) is 4.67. The molecule has 1 aromatic rings. The summed E-state index contributed by atoms with van der Waals surface area (Å²) in [6.07, 6.45) is 4.96. The summed E-state index contributed by atoms with van der Waals surface area (Å²) in [6, 6.07) is 5.24. The number of aliphatic hydroxyl groups is 1. The number of halogens is 1. The van der Waals surface area contributed by atoms with Crippen molar-refractivity contribution in [3.05, 3.63) is 54.6 Å². The number of nitrogens with zero attached hydrogens (tertiary/aromatic N) is 2. The number of rotatable bonds is 12. The monoisotopic (exact) mass is 544 g/mol. The number of anilines is 1. The smallest absolute Gasteiger partial charge is 0.312 e. The van der Waals surface area contributed by atoms with Gasteiger partial charge in [0, 0.05) is 17.3 Å². The molecule has 1 N–H and O–H groups in total. The average molecular weight is 545 g/mol. The molecule has 206 valence electrons. The number of hydrogen-bond donors (Lipinski definition) is 1. The van der Waals surface area contributed by atoms with Crippen LogP contribution in [0.4, 0.5) is 5.69 Å². The Bertz CT molecular complexity index is 1080. The van der Waals surface area contributed by atoms with Crippen LogP contribution in [0.15, 0.2) is 49.6 Å². The van der Waals surface area contributed by atoms with Gasteiger partial charge in [0.05, 0.1) is 37.2 Å². The lowest BCUT2D eigenvalue weighted by Gasteiger charge is -2.40. The van der Waals surface area contributed by atoms with Crippen LogP contribution < -0.4 is 4.90 Å². The van der Waals surface area contributed by atoms with Gasteiger partial charge < -0.3 is 24.4 Å². The van der Waals surface area contributed by atoms with Gasteiger partial charge in [-0.25, -0.2) is 0 Å². The van der Waals surface area contributed by atoms with Crippen molar-refractivity contribution in [1.82, 2.24) is 4.90 Å². The SMILES string of the molecule is C=CCCOC(=O)[C@@H]1[C@@H]2CCC3(O2)C(C(=O)N(CC=C)c2ccc(Cl)cc2)N([C@@H](CO)[C@@H](C)CC)C(=O)[C@H]13. The highest BCUT2D eigenvalue weighted by atomic mass is 35.5. The van der Waals surface area contributed by atoms with Crippen molar-refractivity contribution < 1.29 is 29.0 Å². The molecule has 1 spiro atoms. The Morgan fingerprint density at radius 3 is 2.63 bits per heavy atom. The summed E-state index contributed by atoms with van der Waals surface area (Å²) in [5.74, 6) is -2.93. The van der Waals surface area contributed by atoms with Crippen molar-refractivity contribution in [2.45, 2.75) is 63.3 Å². The minimum Gasteiger partial charge on any atom is -0.465 e. The summed E-state index contributed by atoms with van der Waals surface area (Å²) in [6.45, 7) is 11.5. The molecule has 3 aliphatic rings. The molecular weight excluding hydrogens is 508 g/mol. The van der Waals surface area contributed by atoms with E-state index in [1.165, 1.54) is 4.90 Å². The fourth-order valence-electron chi connectivity index (χ4n) is 6.37. The molecule has 0 radical (unpaired) electrons. The molecular formula is C29H37ClN2O6. The number of hydrogen-bond acceptors (Lipinski definition) is 6. The van der Waals surface area contributed by atoms with E-state index in [1.54, 1.807) is 41.3 Å². The Balaban J connectivity index is 1.79. The number of carbonyl (C=O) groups excluding carboxylic acids is 3. The van der Waals surface area contributed by atoms with Gasteiger partial charge in [0.2, 0.25) is 5.91 Å². The third-order valence-electron chi connectivity index (χ3n) is 8.37. The average Bonchev–Trinajstić information content (AvgIpc) is 3.55. The number of ether oxygens (including phenoxy) is 2. The molecule has 9 heteroatoms. The molecule has 8 nitrogen and oxygen atoms in total. The second kappa shape index (κ2) is 11.6. The van der Waals surface area contributed by atoms with Crippen LogP contribution in [0.1, 0.15) is 39.5 Å². The summed E-state index contributed by atoms with van der Waals surface area (Å²) in [7, 11) is 0. The molecule has 3 aliphatic heterocycles. The number of carbonyl (C=O) groups is 3. The summed E-state index contributed by atoms with van der Waals surface area (Å²) in [5, 5.41) is 11.0. The van der Waals surface area contributed by atoms with E-state index in [4.69, 9.17) is 21.1 Å². The maximum absolute atomic E-state index is 14.5. The Kier molecular flexibility index (Phi) is 8.65. The first-order chi connectivity index (χ1) is 18.2. The van der Waals surface area contributed by atoms with Gasteiger partial charge in [0.1, 0.15) is 11.6 Å². The highest BCUT2D eigenvalue weighted by molar-refractivity contribution is 6.30. The first-order valence-corrected chi connectivity index (χ1v) is 13.7. The number of amides is 2. The van der Waals surface area contributed by atoms with Gasteiger partial charge in [-0.2, -0.15) is 0 Å². The predicted molar refractivity (Wildman–Crippen MR) is 145 cm³/mol. The fourth-order valence-corrected chi connectivity index (χ4v) is 6.50. The maximum Gasteiger partial charge on any atom is 0.312 e. The molecule has 3 heterocycles. The van der Waals surface area contributed by atoms with Crippen molar-refractivity contribution in [3.8, 4) is 0 Å². The van der Waals surface area contributed by atoms with Crippen LogP contribution >= 0.6 is 11.6 Å². The zero-order chi connectivity index (χ0) is 27.6. The van der Waals surface area contributed by atoms with Crippen molar-refractivity contribution >= 4 is 35.1 Å². The largest absolute Gasteiger partial charge is 0.465 e. The van der Waals surface area contributed by atoms with Gasteiger partial charge in [0.15, 0.2) is 0 Å². The number of aliphatic hydroxyl groups excluding tert-OH is 1. The molecule has 1 aromatic carbocycles. The van der Waals surface area contributed by atoms with Gasteiger partial charge in [-0.3, -0.25) is 14.4 Å². The molecule has 0 aliphatic carbocycles. The summed E-state index contributed by atoms with van der Waals surface area (Å²) in [5.41, 5.74) is -0.586. The Morgan fingerprint density at radius 2 is 2.03 bits per heavy atom. The Morgan fingerprint density at radius 1 is 1.32 bits per heavy atom. The van der Waals surface area contributed by atoms with E-state index in [9.17, 15) is 19.5 Å². The van der Waals surface area contributed by atoms with Crippen LogP contribution in [0, 0.1) is 17.8 Å². The first-order valence-electron chi connectivity index (χ1n) is 13.3. The molecule has 7 atom stereocenters. The lowest BCUT2D eigenvalue weighted by Crippen LogP contribution is -2.60. The zero-order valence-corrected chi connectivity index (χ0v) is 22.8. The standard InChI is InChI=1S/C29H37ClN2O6/c1-5-8-16-37-28(36)23-22-13-14-29(38-22)24(23)26(34)32(21(17-33)18(4)7-3)25(29)27(35)31(15-6-2)20-11-9-19(30)10-12-20/h5-6,9-12,18,21-25,33H,1-2,7-8,13-17H2,3-4H3/t18-,21-,22-,23+,24-,25?,29?/m0/s1. The number of benzene rings is 1. The lowest BCUT2D eigenvalue weighted by atomic mass is 9.70. The molecule has 4 rings (SSSR count). The van der Waals surface area contributed by atoms with E-state index in [-0.39, 0.29) is 37.5 Å². The van der Waals surface area contributed by atoms with E-state index in [0.717, 1.165) is 0 Å². The van der Waals surface area contributed by atoms with E-state index < -0.39 is 41.6 Å². The topological polar surface area (TPSA) is 96.4 Å². The fraction of sp³-hybridized carbons (Fsp3) is 0.552. The van der Waals surface area contributed by atoms with E-state index >= 15 is 0 Å². The molecule has 2 unspecified atom stereocenters. The lowest BCUT2D eigenvalue weighted by molar-refractivity contribution is -0.156. The highest BCUT2D eigenvalue weighted by Gasteiger charge is 2.75. The van der Waals surface area contributed by atoms with Gasteiger partial charge in [-0.05, 0) is 49.4 Å². The van der Waals surface area contributed by atoms with Crippen LogP contribution in [0.5, 0.6) is 0 Å². The van der Waals surface area contributed by atoms with Gasteiger partial charge in [0.25, 0.3) is 5.91 Å². The highest BCUT2D eigenvalue weighted by Crippen LogP contribution is 2.59. The molecule has 2 amide bonds. The third-order valence-corrected chi connectivity index (χ3v) is 8.62. The van der Waals surface area contributed by atoms with Crippen molar-refractivity contribution in [2.24, 2.45) is 17.8 Å². The van der Waals surface area contributed by atoms with Crippen LogP contribution in [0.3, 0.4) is 0 Å². The molecule has 38 heavy (non-hydrogen) atoms. The van der Waals surface area contributed by atoms with Crippen molar-refractivity contribution in [2.75, 3.05) is 24.7 Å². The van der Waals surface area contributed by atoms with Crippen LogP contribution in [-0.2, 0) is 23.9 Å². The molecule has 2 bridgehead atoms. The zero-order valence-electron chi connectivity index (χ0n) is 22.1. The number of likely N-dealkylation sites (tertiary alicyclic amines) is 1. The molecule has 3 saturated heterocycles. The molecule has 0 aromatic heterocycles. The quantitative estimate of drug-likeness (QED) is 0.244. The number of esters is 1. The summed E-state index contributed by atoms with van der Waals surface area (Å²) in [4.78, 5) is 45.0. The Hall–Kier alpha value is -2.68. The normalized spacial score (nSPS) is 29.1. The van der Waals surface area contributed by atoms with Gasteiger partial charge in [-0.15, -0.1) is 13.2 Å². The predicted octanol–water partition coefficient (Wildman–Crippen LogP) is 3.76. The first kappa shape index (κ1) is 28.3. The molecule has 0 saturated carbocycles. The summed E-state index contributed by atoms with van der Waals surface area (Å²) < 4.78 is 12.0. The van der Waals surface area contributed by atoms with Crippen LogP contribution in [0.25, 0.3) is 0 Å². The minimum atomic E-state index is -1.19. The van der Waals surface area contributed by atoms with Crippen LogP contribution in [0.2, 0.25) is 5.02 Å². The van der Waals surface area contributed by atoms with E-state index in [0.29, 0.717) is 36.4 Å². The molecule has 3 fully saturated rings. The minimum absolute atomic E-state index is 0.0898. The van der Waals surface area contributed by atoms with E-state index in [2.05, 4.69) is 13.2 Å². The van der Waals surface area contributed by atoms with Crippen molar-refractivity contribution in [1.29, 1.82) is 0 Å². The van der Waals surface area contributed by atoms with Crippen LogP contribution in [-0.4, -0.2) is 71.3 Å². The second-order valence-electron chi connectivity index (χ2n) is 10.4. The van der Waals surface area contributed by atoms with E-state index in [1.807, 2.05) is 13.8 Å². The van der Waals surface area contributed by atoms with Gasteiger partial charge in [-0.1, -0.05) is 44.0 Å². The maximum atomic E-state index is 14.5.